The Morgan fingerprint density at radius 1 is 1.03 bits per heavy atom. The van der Waals surface area contributed by atoms with Crippen LogP contribution in [0.15, 0.2) is 54.6 Å². The molecule has 0 bridgehead atoms. The van der Waals surface area contributed by atoms with Gasteiger partial charge in [-0.25, -0.2) is 0 Å². The molecule has 0 aromatic heterocycles. The van der Waals surface area contributed by atoms with Crippen molar-refractivity contribution in [2.45, 2.75) is 65.7 Å². The zero-order chi connectivity index (χ0) is 28.9. The molecule has 2 aromatic carbocycles. The van der Waals surface area contributed by atoms with Gasteiger partial charge in [-0.2, -0.15) is 0 Å². The number of halogens is 2. The monoisotopic (exact) mass is 575 g/mol. The summed E-state index contributed by atoms with van der Waals surface area (Å²) in [6.07, 6.45) is 1.25. The van der Waals surface area contributed by atoms with Crippen molar-refractivity contribution in [3.63, 3.8) is 0 Å². The van der Waals surface area contributed by atoms with E-state index in [-0.39, 0.29) is 29.8 Å². The number of benzene rings is 2. The number of carboxylic acid groups (broad SMARTS) is 1. The Kier molecular flexibility index (Phi) is 22.2. The van der Waals surface area contributed by atoms with Crippen LogP contribution < -0.4 is 0 Å². The number of rotatable bonds is 4. The van der Waals surface area contributed by atoms with Crippen LogP contribution in [0.4, 0.5) is 0 Å². The van der Waals surface area contributed by atoms with Crippen molar-refractivity contribution in [1.82, 2.24) is 4.90 Å². The zero-order valence-corrected chi connectivity index (χ0v) is 25.4. The van der Waals surface area contributed by atoms with Gasteiger partial charge in [-0.05, 0) is 50.6 Å². The van der Waals surface area contributed by atoms with Gasteiger partial charge in [0.05, 0.1) is 12.6 Å². The maximum Gasteiger partial charge on any atom is 0.290 e. The van der Waals surface area contributed by atoms with Crippen LogP contribution >= 0.6 is 23.2 Å². The molecule has 0 saturated carbocycles. The smallest absolute Gasteiger partial charge is 0.290 e. The van der Waals surface area contributed by atoms with Crippen molar-refractivity contribution in [3.05, 3.63) is 70.2 Å². The first-order chi connectivity index (χ1) is 17.5. The average Bonchev–Trinajstić information content (AvgIpc) is 2.86. The fourth-order valence-electron chi connectivity index (χ4n) is 2.75. The topological polar surface area (TPSA) is 83.9 Å². The summed E-state index contributed by atoms with van der Waals surface area (Å²) in [4.78, 5) is 22.3. The van der Waals surface area contributed by atoms with E-state index in [4.69, 9.17) is 37.8 Å². The predicted molar refractivity (Wildman–Crippen MR) is 157 cm³/mol. The molecule has 6 nitrogen and oxygen atoms in total. The van der Waals surface area contributed by atoms with Gasteiger partial charge in [0.25, 0.3) is 6.47 Å². The Balaban J connectivity index is 0. The molecule has 37 heavy (non-hydrogen) atoms. The fraction of sp³-hybridized carbons (Fsp3) is 0.500. The lowest BCUT2D eigenvalue weighted by molar-refractivity contribution is -0.148. The van der Waals surface area contributed by atoms with Crippen LogP contribution in [0.2, 0.25) is 10.0 Å². The Bertz CT molecular complexity index is 874. The molecule has 1 aliphatic heterocycles. The molecular weight excluding hydrogens is 533 g/mol. The summed E-state index contributed by atoms with van der Waals surface area (Å²) in [5, 5.41) is 8.34. The molecule has 1 heterocycles. The normalized spacial score (nSPS) is 15.1. The SMILES string of the molecule is CC.CC(C)(C)S(=O)CCN1C(=O)COC[C@H]1c1ccc(Cl)cc1.CCC.Clc1ccccc1.O=CO. The molecule has 1 N–H and O–H groups in total. The van der Waals surface area contributed by atoms with E-state index >= 15 is 0 Å². The second kappa shape index (κ2) is 22.1. The van der Waals surface area contributed by atoms with Gasteiger partial charge in [0.15, 0.2) is 0 Å². The number of nitrogens with zero attached hydrogens (tertiary/aromatic N) is 1. The maximum absolute atomic E-state index is 12.2. The van der Waals surface area contributed by atoms with Crippen molar-refractivity contribution >= 4 is 46.4 Å². The quantitative estimate of drug-likeness (QED) is 0.387. The molecule has 1 unspecified atom stereocenters. The highest BCUT2D eigenvalue weighted by Gasteiger charge is 2.31. The van der Waals surface area contributed by atoms with Gasteiger partial charge in [0.2, 0.25) is 5.91 Å². The predicted octanol–water partition coefficient (Wildman–Crippen LogP) is 7.27. The molecular formula is C28H43Cl2NO5S. The lowest BCUT2D eigenvalue weighted by Crippen LogP contribution is -2.46. The highest BCUT2D eigenvalue weighted by molar-refractivity contribution is 7.86. The Morgan fingerprint density at radius 3 is 1.89 bits per heavy atom. The average molecular weight is 577 g/mol. The number of carbonyl (C=O) groups excluding carboxylic acids is 1. The highest BCUT2D eigenvalue weighted by Crippen LogP contribution is 2.26. The number of carbonyl (C=O) groups is 2. The minimum atomic E-state index is -0.985. The van der Waals surface area contributed by atoms with Gasteiger partial charge in [-0.3, -0.25) is 13.8 Å². The van der Waals surface area contributed by atoms with Crippen LogP contribution in [-0.2, 0) is 25.1 Å². The molecule has 1 amide bonds. The van der Waals surface area contributed by atoms with E-state index < -0.39 is 10.8 Å². The van der Waals surface area contributed by atoms with Crippen molar-refractivity contribution in [2.75, 3.05) is 25.5 Å². The third-order valence-corrected chi connectivity index (χ3v) is 6.81. The second-order valence-electron chi connectivity index (χ2n) is 8.44. The molecule has 0 aliphatic carbocycles. The van der Waals surface area contributed by atoms with Gasteiger partial charge in [0.1, 0.15) is 6.61 Å². The largest absolute Gasteiger partial charge is 0.483 e. The van der Waals surface area contributed by atoms with Crippen LogP contribution in [0.25, 0.3) is 0 Å². The third-order valence-electron chi connectivity index (χ3n) is 4.39. The Hall–Kier alpha value is -1.93. The molecule has 2 atom stereocenters. The van der Waals surface area contributed by atoms with E-state index in [1.165, 1.54) is 6.42 Å². The maximum atomic E-state index is 12.2. The number of amides is 1. The van der Waals surface area contributed by atoms with Gasteiger partial charge < -0.3 is 14.7 Å². The minimum absolute atomic E-state index is 0.0582. The standard InChI is InChI=1S/C16H22ClNO3S.C6H5Cl.C3H8.C2H6.CH2O2/c1-16(2,3)22(20)9-8-18-14(10-21-11-15(18)19)12-4-6-13(17)7-5-12;7-6-4-2-1-3-5-6;1-3-2;1-2;2-1-3/h4-7,14H,8-11H2,1-3H3;1-5H;3H2,1-2H3;1-2H3;1H,(H,2,3)/t14-,22?;;;;/m0..../s1. The number of hydrogen-bond acceptors (Lipinski definition) is 4. The van der Waals surface area contributed by atoms with Crippen molar-refractivity contribution < 1.29 is 23.6 Å². The molecule has 1 fully saturated rings. The van der Waals surface area contributed by atoms with Crippen molar-refractivity contribution in [3.8, 4) is 0 Å². The first-order valence-electron chi connectivity index (χ1n) is 12.3. The lowest BCUT2D eigenvalue weighted by atomic mass is 10.0. The van der Waals surface area contributed by atoms with E-state index in [0.29, 0.717) is 23.9 Å². The zero-order valence-electron chi connectivity index (χ0n) is 23.1. The first-order valence-corrected chi connectivity index (χ1v) is 14.4. The fourth-order valence-corrected chi connectivity index (χ4v) is 3.99. The van der Waals surface area contributed by atoms with Crippen LogP contribution in [0.3, 0.4) is 0 Å². The molecule has 9 heteroatoms. The lowest BCUT2D eigenvalue weighted by Gasteiger charge is -2.36. The Morgan fingerprint density at radius 2 is 1.49 bits per heavy atom. The second-order valence-corrected chi connectivity index (χ2v) is 11.6. The van der Waals surface area contributed by atoms with Crippen LogP contribution in [0, 0.1) is 0 Å². The van der Waals surface area contributed by atoms with E-state index in [1.807, 2.05) is 89.2 Å². The number of morpholine rings is 1. The van der Waals surface area contributed by atoms with Crippen molar-refractivity contribution in [2.24, 2.45) is 0 Å². The Labute approximate surface area is 235 Å². The van der Waals surface area contributed by atoms with Crippen molar-refractivity contribution in [1.29, 1.82) is 0 Å². The van der Waals surface area contributed by atoms with Crippen LogP contribution in [0.1, 0.15) is 66.5 Å². The molecule has 2 aromatic rings. The molecule has 3 rings (SSSR count). The summed E-state index contributed by atoms with van der Waals surface area (Å²) < 4.78 is 17.3. The summed E-state index contributed by atoms with van der Waals surface area (Å²) in [6.45, 7) is 14.9. The van der Waals surface area contributed by atoms with E-state index in [1.54, 1.807) is 4.90 Å². The van der Waals surface area contributed by atoms with E-state index in [9.17, 15) is 9.00 Å². The molecule has 210 valence electrons. The summed E-state index contributed by atoms with van der Waals surface area (Å²) in [5.41, 5.74) is 0.985. The molecule has 0 spiro atoms. The molecule has 0 radical (unpaired) electrons. The minimum Gasteiger partial charge on any atom is -0.483 e. The van der Waals surface area contributed by atoms with E-state index in [0.717, 1.165) is 10.6 Å². The summed E-state index contributed by atoms with van der Waals surface area (Å²) in [5.74, 6) is 0.413. The van der Waals surface area contributed by atoms with Crippen LogP contribution in [0.5, 0.6) is 0 Å². The summed E-state index contributed by atoms with van der Waals surface area (Å²) in [7, 11) is -0.985. The number of ether oxygens (including phenoxy) is 1. The van der Waals surface area contributed by atoms with Crippen LogP contribution in [-0.4, -0.2) is 56.9 Å². The number of hydrogen-bond donors (Lipinski definition) is 1. The summed E-state index contributed by atoms with van der Waals surface area (Å²) in [6, 6.07) is 16.7. The van der Waals surface area contributed by atoms with Gasteiger partial charge >= 0.3 is 0 Å². The first kappa shape index (κ1) is 37.2. The molecule has 1 aliphatic rings. The van der Waals surface area contributed by atoms with Gasteiger partial charge in [-0.1, -0.05) is 87.6 Å². The van der Waals surface area contributed by atoms with Gasteiger partial charge in [-0.15, -0.1) is 0 Å². The highest BCUT2D eigenvalue weighted by atomic mass is 35.5. The van der Waals surface area contributed by atoms with Gasteiger partial charge in [0, 0.05) is 37.9 Å². The summed E-state index contributed by atoms with van der Waals surface area (Å²) >= 11 is 11.5. The van der Waals surface area contributed by atoms with E-state index in [2.05, 4.69) is 13.8 Å². The third kappa shape index (κ3) is 17.3. The molecule has 1 saturated heterocycles.